The van der Waals surface area contributed by atoms with Crippen molar-refractivity contribution in [1.29, 1.82) is 0 Å². The van der Waals surface area contributed by atoms with E-state index in [9.17, 15) is 9.18 Å². The summed E-state index contributed by atoms with van der Waals surface area (Å²) in [6.07, 6.45) is 1.12. The van der Waals surface area contributed by atoms with Gasteiger partial charge in [0.25, 0.3) is 0 Å². The van der Waals surface area contributed by atoms with Gasteiger partial charge in [-0.3, -0.25) is 4.68 Å². The van der Waals surface area contributed by atoms with Crippen molar-refractivity contribution in [1.82, 2.24) is 20.3 Å². The molecule has 1 aromatic heterocycles. The molecule has 2 rings (SSSR count). The van der Waals surface area contributed by atoms with Gasteiger partial charge in [0.15, 0.2) is 0 Å². The number of alkyl carbamates (subject to hydrolysis) is 1. The van der Waals surface area contributed by atoms with Gasteiger partial charge in [0.2, 0.25) is 0 Å². The maximum atomic E-state index is 14.1. The first-order valence-electron chi connectivity index (χ1n) is 6.86. The Labute approximate surface area is 128 Å². The van der Waals surface area contributed by atoms with Crippen molar-refractivity contribution in [2.75, 3.05) is 0 Å². The number of rotatable bonds is 3. The molecule has 0 bridgehead atoms. The summed E-state index contributed by atoms with van der Waals surface area (Å²) in [4.78, 5) is 11.6. The summed E-state index contributed by atoms with van der Waals surface area (Å²) in [6.45, 7) is 5.36. The SMILES string of the molecule is Cn1cc(-c2ccc(CNC(=O)OC(C)(C)C)c(F)c2)nn1. The monoisotopic (exact) mass is 306 g/mol. The Kier molecular flexibility index (Phi) is 4.44. The molecule has 0 spiro atoms. The molecular formula is C15H19FN4O2. The number of amides is 1. The topological polar surface area (TPSA) is 69.0 Å². The van der Waals surface area contributed by atoms with Crippen molar-refractivity contribution in [3.8, 4) is 11.3 Å². The van der Waals surface area contributed by atoms with Crippen LogP contribution in [0.1, 0.15) is 26.3 Å². The van der Waals surface area contributed by atoms with E-state index in [1.54, 1.807) is 50.8 Å². The maximum absolute atomic E-state index is 14.1. The van der Waals surface area contributed by atoms with E-state index in [4.69, 9.17) is 4.74 Å². The molecular weight excluding hydrogens is 287 g/mol. The zero-order valence-electron chi connectivity index (χ0n) is 13.1. The van der Waals surface area contributed by atoms with Crippen LogP contribution in [0.25, 0.3) is 11.3 Å². The van der Waals surface area contributed by atoms with E-state index in [0.717, 1.165) is 0 Å². The second-order valence-electron chi connectivity index (χ2n) is 5.94. The lowest BCUT2D eigenvalue weighted by atomic mass is 10.1. The third-order valence-corrected chi connectivity index (χ3v) is 2.77. The predicted octanol–water partition coefficient (Wildman–Crippen LogP) is 2.65. The van der Waals surface area contributed by atoms with Crippen LogP contribution in [0.5, 0.6) is 0 Å². The molecule has 0 aliphatic rings. The molecule has 0 saturated carbocycles. The van der Waals surface area contributed by atoms with Crippen LogP contribution in [-0.4, -0.2) is 26.7 Å². The van der Waals surface area contributed by atoms with Crippen molar-refractivity contribution in [2.45, 2.75) is 32.9 Å². The molecule has 2 aromatic rings. The average Bonchev–Trinajstić information content (AvgIpc) is 2.82. The van der Waals surface area contributed by atoms with Crippen LogP contribution in [0.2, 0.25) is 0 Å². The fraction of sp³-hybridized carbons (Fsp3) is 0.400. The molecule has 1 heterocycles. The average molecular weight is 306 g/mol. The zero-order chi connectivity index (χ0) is 16.3. The zero-order valence-corrected chi connectivity index (χ0v) is 13.1. The van der Waals surface area contributed by atoms with E-state index >= 15 is 0 Å². The van der Waals surface area contributed by atoms with Gasteiger partial charge in [-0.2, -0.15) is 0 Å². The Bertz CT molecular complexity index is 676. The minimum Gasteiger partial charge on any atom is -0.444 e. The van der Waals surface area contributed by atoms with Crippen molar-refractivity contribution >= 4 is 6.09 Å². The molecule has 1 aromatic carbocycles. The Balaban J connectivity index is 2.03. The molecule has 7 heteroatoms. The number of carbonyl (C=O) groups is 1. The van der Waals surface area contributed by atoms with Crippen LogP contribution in [0.15, 0.2) is 24.4 Å². The highest BCUT2D eigenvalue weighted by Crippen LogP contribution is 2.19. The molecule has 0 aliphatic heterocycles. The molecule has 6 nitrogen and oxygen atoms in total. The number of aromatic nitrogens is 3. The molecule has 0 radical (unpaired) electrons. The quantitative estimate of drug-likeness (QED) is 0.946. The highest BCUT2D eigenvalue weighted by molar-refractivity contribution is 5.67. The number of halogens is 1. The van der Waals surface area contributed by atoms with Crippen LogP contribution >= 0.6 is 0 Å². The van der Waals surface area contributed by atoms with Gasteiger partial charge < -0.3 is 10.1 Å². The number of aryl methyl sites for hydroxylation is 1. The van der Waals surface area contributed by atoms with E-state index < -0.39 is 17.5 Å². The number of ether oxygens (including phenoxy) is 1. The third kappa shape index (κ3) is 4.28. The highest BCUT2D eigenvalue weighted by Gasteiger charge is 2.16. The van der Waals surface area contributed by atoms with Crippen LogP contribution in [0, 0.1) is 5.82 Å². The lowest BCUT2D eigenvalue weighted by Gasteiger charge is -2.19. The molecule has 0 aliphatic carbocycles. The molecule has 0 atom stereocenters. The Morgan fingerprint density at radius 1 is 1.41 bits per heavy atom. The maximum Gasteiger partial charge on any atom is 0.407 e. The Hall–Kier alpha value is -2.44. The fourth-order valence-corrected chi connectivity index (χ4v) is 1.81. The normalized spacial score (nSPS) is 11.3. The first-order chi connectivity index (χ1) is 10.2. The van der Waals surface area contributed by atoms with E-state index in [-0.39, 0.29) is 6.54 Å². The van der Waals surface area contributed by atoms with Crippen molar-refractivity contribution < 1.29 is 13.9 Å². The van der Waals surface area contributed by atoms with Gasteiger partial charge in [0.05, 0.1) is 6.20 Å². The first kappa shape index (κ1) is 15.9. The summed E-state index contributed by atoms with van der Waals surface area (Å²) >= 11 is 0. The van der Waals surface area contributed by atoms with E-state index in [1.807, 2.05) is 0 Å². The molecule has 0 unspecified atom stereocenters. The number of hydrogen-bond donors (Lipinski definition) is 1. The highest BCUT2D eigenvalue weighted by atomic mass is 19.1. The first-order valence-corrected chi connectivity index (χ1v) is 6.86. The summed E-state index contributed by atoms with van der Waals surface area (Å²) in [5.41, 5.74) is 1.01. The van der Waals surface area contributed by atoms with Gasteiger partial charge >= 0.3 is 6.09 Å². The molecule has 1 amide bonds. The summed E-state index contributed by atoms with van der Waals surface area (Å²) < 4.78 is 20.7. The minimum atomic E-state index is -0.585. The van der Waals surface area contributed by atoms with Crippen molar-refractivity contribution in [3.05, 3.63) is 35.8 Å². The van der Waals surface area contributed by atoms with Crippen LogP contribution in [0.4, 0.5) is 9.18 Å². The minimum absolute atomic E-state index is 0.0570. The smallest absolute Gasteiger partial charge is 0.407 e. The number of carbonyl (C=O) groups excluding carboxylic acids is 1. The second kappa shape index (κ2) is 6.13. The van der Waals surface area contributed by atoms with Crippen LogP contribution in [0.3, 0.4) is 0 Å². The van der Waals surface area contributed by atoms with Crippen LogP contribution < -0.4 is 5.32 Å². The molecule has 22 heavy (non-hydrogen) atoms. The van der Waals surface area contributed by atoms with Crippen molar-refractivity contribution in [3.63, 3.8) is 0 Å². The fourth-order valence-electron chi connectivity index (χ4n) is 1.81. The molecule has 1 N–H and O–H groups in total. The Morgan fingerprint density at radius 2 is 2.14 bits per heavy atom. The predicted molar refractivity (Wildman–Crippen MR) is 79.5 cm³/mol. The molecule has 0 fully saturated rings. The lowest BCUT2D eigenvalue weighted by molar-refractivity contribution is 0.0523. The van der Waals surface area contributed by atoms with Crippen LogP contribution in [-0.2, 0) is 18.3 Å². The standard InChI is InChI=1S/C15H19FN4O2/c1-15(2,3)22-14(21)17-8-11-6-5-10(7-12(11)16)13-9-20(4)19-18-13/h5-7,9H,8H2,1-4H3,(H,17,21). The van der Waals surface area contributed by atoms with Gasteiger partial charge in [0, 0.05) is 24.7 Å². The third-order valence-electron chi connectivity index (χ3n) is 2.77. The summed E-state index contributed by atoms with van der Waals surface area (Å²) in [5.74, 6) is -0.417. The van der Waals surface area contributed by atoms with Gasteiger partial charge in [-0.25, -0.2) is 9.18 Å². The number of hydrogen-bond acceptors (Lipinski definition) is 4. The second-order valence-corrected chi connectivity index (χ2v) is 5.94. The van der Waals surface area contributed by atoms with E-state index in [0.29, 0.717) is 16.8 Å². The summed E-state index contributed by atoms with van der Waals surface area (Å²) in [5, 5.41) is 10.3. The number of benzene rings is 1. The molecule has 0 saturated heterocycles. The summed E-state index contributed by atoms with van der Waals surface area (Å²) in [7, 11) is 1.74. The van der Waals surface area contributed by atoms with E-state index in [1.165, 1.54) is 6.07 Å². The van der Waals surface area contributed by atoms with Gasteiger partial charge in [-0.05, 0) is 26.8 Å². The van der Waals surface area contributed by atoms with E-state index in [2.05, 4.69) is 15.6 Å². The molecule has 118 valence electrons. The number of nitrogens with zero attached hydrogens (tertiary/aromatic N) is 3. The lowest BCUT2D eigenvalue weighted by Crippen LogP contribution is -2.32. The summed E-state index contributed by atoms with van der Waals surface area (Å²) in [6, 6.07) is 4.71. The van der Waals surface area contributed by atoms with Gasteiger partial charge in [-0.15, -0.1) is 5.10 Å². The number of nitrogens with one attached hydrogen (secondary N) is 1. The largest absolute Gasteiger partial charge is 0.444 e. The Morgan fingerprint density at radius 3 is 2.68 bits per heavy atom. The van der Waals surface area contributed by atoms with Crippen molar-refractivity contribution in [2.24, 2.45) is 7.05 Å². The van der Waals surface area contributed by atoms with Gasteiger partial charge in [0.1, 0.15) is 17.1 Å². The van der Waals surface area contributed by atoms with Gasteiger partial charge in [-0.1, -0.05) is 17.3 Å².